The highest BCUT2D eigenvalue weighted by molar-refractivity contribution is 5.80. The number of hydrogen-bond acceptors (Lipinski definition) is 2. The molecule has 0 saturated heterocycles. The van der Waals surface area contributed by atoms with Gasteiger partial charge >= 0.3 is 5.97 Å². The molecule has 3 heteroatoms. The smallest absolute Gasteiger partial charge is 0.328 e. The van der Waals surface area contributed by atoms with Gasteiger partial charge in [0.15, 0.2) is 0 Å². The number of carboxylic acid groups (broad SMARTS) is 1. The van der Waals surface area contributed by atoms with Crippen LogP contribution in [-0.4, -0.2) is 17.1 Å². The molecule has 0 heterocycles. The minimum atomic E-state index is -0.995. The Bertz CT molecular complexity index is 474. The minimum Gasteiger partial charge on any atom is -0.480 e. The van der Waals surface area contributed by atoms with Crippen molar-refractivity contribution in [3.8, 4) is 0 Å². The standard InChI is InChI=1S/C18H27NO2/c1-13(2)12-14-8-10-15(11-9-14)18(3,17(20)21)19-16-6-4-5-7-16/h8-11,13,16,19H,4-7,12H2,1-3H3,(H,20,21). The second-order valence-electron chi connectivity index (χ2n) is 6.85. The van der Waals surface area contributed by atoms with Gasteiger partial charge in [0, 0.05) is 6.04 Å². The van der Waals surface area contributed by atoms with Gasteiger partial charge in [-0.05, 0) is 43.2 Å². The molecule has 3 nitrogen and oxygen atoms in total. The van der Waals surface area contributed by atoms with Crippen LogP contribution >= 0.6 is 0 Å². The number of nitrogens with one attached hydrogen (secondary N) is 1. The van der Waals surface area contributed by atoms with Crippen LogP contribution in [0.3, 0.4) is 0 Å². The van der Waals surface area contributed by atoms with E-state index in [9.17, 15) is 9.90 Å². The maximum Gasteiger partial charge on any atom is 0.328 e. The lowest BCUT2D eigenvalue weighted by atomic mass is 9.89. The van der Waals surface area contributed by atoms with E-state index < -0.39 is 11.5 Å². The molecule has 1 saturated carbocycles. The molecule has 0 aromatic heterocycles. The van der Waals surface area contributed by atoms with Crippen molar-refractivity contribution in [2.24, 2.45) is 5.92 Å². The van der Waals surface area contributed by atoms with E-state index in [-0.39, 0.29) is 0 Å². The van der Waals surface area contributed by atoms with E-state index in [1.54, 1.807) is 6.92 Å². The van der Waals surface area contributed by atoms with E-state index in [1.165, 1.54) is 18.4 Å². The first-order valence-electron chi connectivity index (χ1n) is 8.02. The van der Waals surface area contributed by atoms with Crippen LogP contribution in [0.25, 0.3) is 0 Å². The monoisotopic (exact) mass is 289 g/mol. The summed E-state index contributed by atoms with van der Waals surface area (Å²) < 4.78 is 0. The molecule has 1 fully saturated rings. The lowest BCUT2D eigenvalue weighted by Gasteiger charge is -2.30. The van der Waals surface area contributed by atoms with Crippen LogP contribution in [0.5, 0.6) is 0 Å². The molecular formula is C18H27NO2. The zero-order valence-corrected chi connectivity index (χ0v) is 13.4. The van der Waals surface area contributed by atoms with Gasteiger partial charge in [-0.1, -0.05) is 51.0 Å². The fourth-order valence-electron chi connectivity index (χ4n) is 3.19. The summed E-state index contributed by atoms with van der Waals surface area (Å²) in [6, 6.07) is 8.38. The topological polar surface area (TPSA) is 49.3 Å². The Morgan fingerprint density at radius 2 is 1.86 bits per heavy atom. The first-order chi connectivity index (χ1) is 9.91. The summed E-state index contributed by atoms with van der Waals surface area (Å²) in [5.41, 5.74) is 1.11. The molecule has 1 aromatic rings. The van der Waals surface area contributed by atoms with Gasteiger partial charge in [-0.2, -0.15) is 0 Å². The number of aliphatic carboxylic acids is 1. The van der Waals surface area contributed by atoms with Gasteiger partial charge in [0.25, 0.3) is 0 Å². The van der Waals surface area contributed by atoms with E-state index in [1.807, 2.05) is 12.1 Å². The lowest BCUT2D eigenvalue weighted by Crippen LogP contribution is -2.50. The Morgan fingerprint density at radius 1 is 1.29 bits per heavy atom. The predicted octanol–water partition coefficient (Wildman–Crippen LogP) is 3.72. The average Bonchev–Trinajstić information content (AvgIpc) is 2.91. The Labute approximate surface area is 127 Å². The van der Waals surface area contributed by atoms with Gasteiger partial charge in [0.05, 0.1) is 0 Å². The van der Waals surface area contributed by atoms with Gasteiger partial charge in [0.1, 0.15) is 5.54 Å². The van der Waals surface area contributed by atoms with Crippen LogP contribution in [0, 0.1) is 5.92 Å². The van der Waals surface area contributed by atoms with E-state index in [4.69, 9.17) is 0 Å². The van der Waals surface area contributed by atoms with E-state index in [0.717, 1.165) is 24.8 Å². The summed E-state index contributed by atoms with van der Waals surface area (Å²) in [6.07, 6.45) is 5.57. The van der Waals surface area contributed by atoms with Crippen LogP contribution in [-0.2, 0) is 16.8 Å². The Balaban J connectivity index is 2.18. The van der Waals surface area contributed by atoms with Crippen LogP contribution in [0.15, 0.2) is 24.3 Å². The zero-order chi connectivity index (χ0) is 15.5. The third-order valence-electron chi connectivity index (χ3n) is 4.45. The summed E-state index contributed by atoms with van der Waals surface area (Å²) in [6.45, 7) is 6.17. The van der Waals surface area contributed by atoms with Gasteiger partial charge in [0.2, 0.25) is 0 Å². The fraction of sp³-hybridized carbons (Fsp3) is 0.611. The van der Waals surface area contributed by atoms with Crippen molar-refractivity contribution in [2.75, 3.05) is 0 Å². The average molecular weight is 289 g/mol. The second kappa shape index (κ2) is 6.61. The summed E-state index contributed by atoms with van der Waals surface area (Å²) in [5.74, 6) is -0.190. The SMILES string of the molecule is CC(C)Cc1ccc(C(C)(NC2CCCC2)C(=O)O)cc1. The third-order valence-corrected chi connectivity index (χ3v) is 4.45. The van der Waals surface area contributed by atoms with Crippen LogP contribution in [0.4, 0.5) is 0 Å². The minimum absolute atomic E-state index is 0.321. The second-order valence-corrected chi connectivity index (χ2v) is 6.85. The zero-order valence-electron chi connectivity index (χ0n) is 13.4. The predicted molar refractivity (Wildman–Crippen MR) is 85.4 cm³/mol. The Kier molecular flexibility index (Phi) is 5.04. The molecule has 2 N–H and O–H groups in total. The van der Waals surface area contributed by atoms with Crippen molar-refractivity contribution in [3.05, 3.63) is 35.4 Å². The molecule has 1 aromatic carbocycles. The molecule has 2 rings (SSSR count). The highest BCUT2D eigenvalue weighted by Gasteiger charge is 2.37. The maximum atomic E-state index is 11.8. The van der Waals surface area contributed by atoms with Crippen molar-refractivity contribution in [1.82, 2.24) is 5.32 Å². The van der Waals surface area contributed by atoms with E-state index in [0.29, 0.717) is 12.0 Å². The van der Waals surface area contributed by atoms with Crippen molar-refractivity contribution in [2.45, 2.75) is 64.5 Å². The Hall–Kier alpha value is -1.35. The quantitative estimate of drug-likeness (QED) is 0.839. The maximum absolute atomic E-state index is 11.8. The van der Waals surface area contributed by atoms with Crippen LogP contribution < -0.4 is 5.32 Å². The molecular weight excluding hydrogens is 262 g/mol. The summed E-state index contributed by atoms with van der Waals surface area (Å²) in [4.78, 5) is 11.8. The molecule has 0 aliphatic heterocycles. The molecule has 0 spiro atoms. The van der Waals surface area contributed by atoms with E-state index in [2.05, 4.69) is 31.3 Å². The summed E-state index contributed by atoms with van der Waals surface area (Å²) in [7, 11) is 0. The lowest BCUT2D eigenvalue weighted by molar-refractivity contribution is -0.145. The highest BCUT2D eigenvalue weighted by atomic mass is 16.4. The van der Waals surface area contributed by atoms with Crippen LogP contribution in [0.1, 0.15) is 57.6 Å². The Morgan fingerprint density at radius 3 is 2.33 bits per heavy atom. The van der Waals surface area contributed by atoms with Crippen molar-refractivity contribution in [1.29, 1.82) is 0 Å². The van der Waals surface area contributed by atoms with Gasteiger partial charge in [-0.25, -0.2) is 4.79 Å². The molecule has 116 valence electrons. The highest BCUT2D eigenvalue weighted by Crippen LogP contribution is 2.27. The summed E-state index contributed by atoms with van der Waals surface area (Å²) in [5, 5.41) is 13.1. The van der Waals surface area contributed by atoms with Crippen molar-refractivity contribution >= 4 is 5.97 Å². The van der Waals surface area contributed by atoms with Crippen molar-refractivity contribution in [3.63, 3.8) is 0 Å². The van der Waals surface area contributed by atoms with Gasteiger partial charge in [-0.15, -0.1) is 0 Å². The first-order valence-corrected chi connectivity index (χ1v) is 8.02. The molecule has 0 amide bonds. The molecule has 0 radical (unpaired) electrons. The third kappa shape index (κ3) is 3.85. The molecule has 1 aliphatic rings. The molecule has 1 aliphatic carbocycles. The van der Waals surface area contributed by atoms with Gasteiger partial charge in [-0.3, -0.25) is 5.32 Å². The molecule has 1 atom stereocenters. The number of hydrogen-bond donors (Lipinski definition) is 2. The number of benzene rings is 1. The number of rotatable bonds is 6. The molecule has 0 bridgehead atoms. The van der Waals surface area contributed by atoms with Crippen LogP contribution in [0.2, 0.25) is 0 Å². The number of carbonyl (C=O) groups is 1. The first kappa shape index (κ1) is 16.0. The van der Waals surface area contributed by atoms with Crippen molar-refractivity contribution < 1.29 is 9.90 Å². The van der Waals surface area contributed by atoms with E-state index >= 15 is 0 Å². The molecule has 21 heavy (non-hydrogen) atoms. The summed E-state index contributed by atoms with van der Waals surface area (Å²) >= 11 is 0. The largest absolute Gasteiger partial charge is 0.480 e. The number of carboxylic acids is 1. The fourth-order valence-corrected chi connectivity index (χ4v) is 3.19. The molecule has 1 unspecified atom stereocenters. The van der Waals surface area contributed by atoms with Gasteiger partial charge < -0.3 is 5.11 Å². The normalized spacial score (nSPS) is 18.9.